The lowest BCUT2D eigenvalue weighted by Gasteiger charge is -2.25. The first-order valence-corrected chi connectivity index (χ1v) is 14.5. The van der Waals surface area contributed by atoms with Gasteiger partial charge in [-0.25, -0.2) is 9.79 Å². The Morgan fingerprint density at radius 3 is 2.34 bits per heavy atom. The van der Waals surface area contributed by atoms with Crippen LogP contribution in [0.15, 0.2) is 94.2 Å². The van der Waals surface area contributed by atoms with E-state index >= 15 is 0 Å². The van der Waals surface area contributed by atoms with E-state index in [4.69, 9.17) is 19.2 Å². The summed E-state index contributed by atoms with van der Waals surface area (Å²) in [6.07, 6.45) is 1.82. The number of nitrogens with zero attached hydrogens (tertiary/aromatic N) is 2. The van der Waals surface area contributed by atoms with Crippen LogP contribution in [0, 0.1) is 0 Å². The second-order valence-corrected chi connectivity index (χ2v) is 10.7. The number of fused-ring (bicyclic) bond motifs is 1. The van der Waals surface area contributed by atoms with Crippen LogP contribution in [0.4, 0.5) is 0 Å². The van der Waals surface area contributed by atoms with Crippen LogP contribution in [0.3, 0.4) is 0 Å². The van der Waals surface area contributed by atoms with Crippen LogP contribution in [0.2, 0.25) is 0 Å². The largest absolute Gasteiger partial charge is 0.490 e. The third-order valence-electron chi connectivity index (χ3n) is 6.42. The zero-order valence-corrected chi connectivity index (χ0v) is 24.3. The summed E-state index contributed by atoms with van der Waals surface area (Å²) in [5.41, 5.74) is 2.95. The highest BCUT2D eigenvalue weighted by molar-refractivity contribution is 7.07. The second kappa shape index (κ2) is 12.4. The third-order valence-corrected chi connectivity index (χ3v) is 7.40. The summed E-state index contributed by atoms with van der Waals surface area (Å²) in [5.74, 6) is 0.761. The molecule has 0 saturated heterocycles. The second-order valence-electron chi connectivity index (χ2n) is 9.65. The van der Waals surface area contributed by atoms with Crippen LogP contribution in [0.25, 0.3) is 11.8 Å². The molecule has 0 fully saturated rings. The van der Waals surface area contributed by atoms with Crippen LogP contribution in [0.5, 0.6) is 11.5 Å². The molecule has 1 aromatic heterocycles. The van der Waals surface area contributed by atoms with E-state index in [1.54, 1.807) is 11.5 Å². The minimum Gasteiger partial charge on any atom is -0.490 e. The van der Waals surface area contributed by atoms with Crippen molar-refractivity contribution in [3.05, 3.63) is 121 Å². The van der Waals surface area contributed by atoms with Gasteiger partial charge in [0.15, 0.2) is 16.3 Å². The van der Waals surface area contributed by atoms with Crippen LogP contribution in [0.1, 0.15) is 50.4 Å². The fourth-order valence-corrected chi connectivity index (χ4v) is 5.78. The summed E-state index contributed by atoms with van der Waals surface area (Å²) in [6.45, 7) is 8.29. The molecular weight excluding hydrogens is 536 g/mol. The normalized spacial score (nSPS) is 15.0. The molecule has 41 heavy (non-hydrogen) atoms. The van der Waals surface area contributed by atoms with Crippen molar-refractivity contribution in [2.45, 2.75) is 39.8 Å². The van der Waals surface area contributed by atoms with Gasteiger partial charge in [0.2, 0.25) is 0 Å². The number of esters is 1. The van der Waals surface area contributed by atoms with Crippen LogP contribution in [-0.4, -0.2) is 29.9 Å². The standard InChI is InChI=1S/C33H32N2O5S/c1-5-38-26-19-22(17-18-25(26)40-21(3)4)20-27-31(36)35-30(24-15-11-8-12-16-24)28(32(37)39-6-2)29(34-33(35)41-27)23-13-9-7-10-14-23/h7-21,30H,5-6H2,1-4H3/b27-20-/t30-/m0/s1. The predicted octanol–water partition coefficient (Wildman–Crippen LogP) is 5.12. The summed E-state index contributed by atoms with van der Waals surface area (Å²) in [5, 5.41) is 0. The predicted molar refractivity (Wildman–Crippen MR) is 161 cm³/mol. The van der Waals surface area contributed by atoms with E-state index in [0.717, 1.165) is 16.7 Å². The van der Waals surface area contributed by atoms with Crippen LogP contribution < -0.4 is 24.4 Å². The topological polar surface area (TPSA) is 79.1 Å². The third kappa shape index (κ3) is 5.88. The molecule has 1 aliphatic rings. The molecule has 0 N–H and O–H groups in total. The number of carbonyl (C=O) groups excluding carboxylic acids is 1. The molecule has 0 saturated carbocycles. The summed E-state index contributed by atoms with van der Waals surface area (Å²) in [7, 11) is 0. The molecule has 0 radical (unpaired) electrons. The van der Waals surface area contributed by atoms with Gasteiger partial charge in [0, 0.05) is 5.56 Å². The van der Waals surface area contributed by atoms with E-state index in [0.29, 0.717) is 38.7 Å². The Kier molecular flexibility index (Phi) is 8.50. The lowest BCUT2D eigenvalue weighted by molar-refractivity contribution is -0.138. The fraction of sp³-hybridized carbons (Fsp3) is 0.242. The maximum atomic E-state index is 14.0. The Balaban J connectivity index is 1.74. The Bertz CT molecular complexity index is 1750. The van der Waals surface area contributed by atoms with Gasteiger partial charge in [-0.15, -0.1) is 0 Å². The molecule has 0 amide bonds. The fourth-order valence-electron chi connectivity index (χ4n) is 4.78. The number of hydrogen-bond donors (Lipinski definition) is 0. The Hall–Kier alpha value is -4.43. The highest BCUT2D eigenvalue weighted by Gasteiger charge is 2.35. The molecule has 7 nitrogen and oxygen atoms in total. The van der Waals surface area contributed by atoms with E-state index in [-0.39, 0.29) is 18.3 Å². The van der Waals surface area contributed by atoms with Crippen molar-refractivity contribution in [3.8, 4) is 11.5 Å². The van der Waals surface area contributed by atoms with Crippen LogP contribution in [-0.2, 0) is 9.53 Å². The monoisotopic (exact) mass is 568 g/mol. The quantitative estimate of drug-likeness (QED) is 0.262. The molecule has 1 aliphatic heterocycles. The Labute approximate surface area is 242 Å². The van der Waals surface area contributed by atoms with E-state index in [1.807, 2.05) is 106 Å². The van der Waals surface area contributed by atoms with Gasteiger partial charge in [-0.3, -0.25) is 9.36 Å². The first-order chi connectivity index (χ1) is 19.9. The van der Waals surface area contributed by atoms with Gasteiger partial charge < -0.3 is 14.2 Å². The molecule has 0 unspecified atom stereocenters. The number of ether oxygens (including phenoxy) is 3. The lowest BCUT2D eigenvalue weighted by Crippen LogP contribution is -2.39. The van der Waals surface area contributed by atoms with E-state index in [2.05, 4.69) is 0 Å². The molecule has 4 aromatic rings. The van der Waals surface area contributed by atoms with Gasteiger partial charge in [-0.2, -0.15) is 0 Å². The molecular formula is C33H32N2O5S. The number of hydrogen-bond acceptors (Lipinski definition) is 7. The van der Waals surface area contributed by atoms with Crippen molar-refractivity contribution in [2.24, 2.45) is 4.99 Å². The van der Waals surface area contributed by atoms with Gasteiger partial charge >= 0.3 is 5.97 Å². The number of rotatable bonds is 9. The molecule has 5 rings (SSSR count). The lowest BCUT2D eigenvalue weighted by atomic mass is 9.93. The van der Waals surface area contributed by atoms with Crippen LogP contribution >= 0.6 is 11.3 Å². The van der Waals surface area contributed by atoms with Crippen molar-refractivity contribution in [1.29, 1.82) is 0 Å². The smallest absolute Gasteiger partial charge is 0.338 e. The summed E-state index contributed by atoms with van der Waals surface area (Å²) < 4.78 is 19.3. The molecule has 0 spiro atoms. The minimum atomic E-state index is -0.704. The highest BCUT2D eigenvalue weighted by Crippen LogP contribution is 2.35. The maximum absolute atomic E-state index is 14.0. The Morgan fingerprint density at radius 1 is 0.976 bits per heavy atom. The molecule has 0 bridgehead atoms. The molecule has 8 heteroatoms. The Morgan fingerprint density at radius 2 is 1.68 bits per heavy atom. The molecule has 1 atom stereocenters. The van der Waals surface area contributed by atoms with Gasteiger partial charge in [-0.05, 0) is 57.0 Å². The van der Waals surface area contributed by atoms with Gasteiger partial charge in [-0.1, -0.05) is 78.1 Å². The molecule has 210 valence electrons. The SMILES string of the molecule is CCOC(=O)C1=C(c2ccccc2)N=c2s/c(=C\c3ccc(OC(C)C)c(OCC)c3)c(=O)n2[C@H]1c1ccccc1. The average Bonchev–Trinajstić information content (AvgIpc) is 3.28. The first kappa shape index (κ1) is 28.1. The minimum absolute atomic E-state index is 0.00543. The van der Waals surface area contributed by atoms with Crippen molar-refractivity contribution in [2.75, 3.05) is 13.2 Å². The molecule has 0 aliphatic carbocycles. The number of benzene rings is 3. The zero-order valence-electron chi connectivity index (χ0n) is 23.5. The number of aromatic nitrogens is 1. The highest BCUT2D eigenvalue weighted by atomic mass is 32.1. The van der Waals surface area contributed by atoms with Crippen molar-refractivity contribution < 1.29 is 19.0 Å². The van der Waals surface area contributed by atoms with E-state index in [9.17, 15) is 9.59 Å². The zero-order chi connectivity index (χ0) is 28.9. The summed E-state index contributed by atoms with van der Waals surface area (Å²) >= 11 is 1.28. The van der Waals surface area contributed by atoms with Crippen molar-refractivity contribution in [3.63, 3.8) is 0 Å². The van der Waals surface area contributed by atoms with Gasteiger partial charge in [0.25, 0.3) is 5.56 Å². The summed E-state index contributed by atoms with van der Waals surface area (Å²) in [6, 6.07) is 24.0. The first-order valence-electron chi connectivity index (χ1n) is 13.7. The van der Waals surface area contributed by atoms with Crippen molar-refractivity contribution in [1.82, 2.24) is 4.57 Å². The number of thiazole rings is 1. The number of carbonyl (C=O) groups is 1. The summed E-state index contributed by atoms with van der Waals surface area (Å²) in [4.78, 5) is 32.9. The maximum Gasteiger partial charge on any atom is 0.338 e. The molecule has 2 heterocycles. The van der Waals surface area contributed by atoms with Gasteiger partial charge in [0.05, 0.1) is 41.2 Å². The molecule has 3 aromatic carbocycles. The van der Waals surface area contributed by atoms with Gasteiger partial charge in [0.1, 0.15) is 0 Å². The van der Waals surface area contributed by atoms with E-state index in [1.165, 1.54) is 11.3 Å². The average molecular weight is 569 g/mol. The van der Waals surface area contributed by atoms with E-state index < -0.39 is 12.0 Å². The van der Waals surface area contributed by atoms with Crippen molar-refractivity contribution >= 4 is 29.1 Å².